The lowest BCUT2D eigenvalue weighted by molar-refractivity contribution is -0.134. The molecule has 3 aliphatic rings. The van der Waals surface area contributed by atoms with Gasteiger partial charge in [0.05, 0.1) is 13.0 Å². The van der Waals surface area contributed by atoms with Crippen molar-refractivity contribution in [3.05, 3.63) is 29.8 Å². The molecule has 3 fully saturated rings. The zero-order chi connectivity index (χ0) is 24.5. The molecular formula is C26H39N3O5. The number of hydrogen-bond acceptors (Lipinski definition) is 5. The van der Waals surface area contributed by atoms with Crippen molar-refractivity contribution in [3.63, 3.8) is 0 Å². The van der Waals surface area contributed by atoms with Crippen molar-refractivity contribution in [2.75, 3.05) is 19.7 Å². The zero-order valence-corrected chi connectivity index (χ0v) is 20.4. The molecule has 1 saturated heterocycles. The van der Waals surface area contributed by atoms with E-state index in [-0.39, 0.29) is 11.8 Å². The molecule has 34 heavy (non-hydrogen) atoms. The van der Waals surface area contributed by atoms with Crippen LogP contribution in [0.2, 0.25) is 0 Å². The van der Waals surface area contributed by atoms with Crippen molar-refractivity contribution in [2.45, 2.75) is 83.3 Å². The van der Waals surface area contributed by atoms with E-state index in [0.717, 1.165) is 56.4 Å². The van der Waals surface area contributed by atoms with Gasteiger partial charge in [-0.1, -0.05) is 12.1 Å². The summed E-state index contributed by atoms with van der Waals surface area (Å²) in [6, 6.07) is 8.82. The van der Waals surface area contributed by atoms with Crippen LogP contribution in [0.5, 0.6) is 5.75 Å². The van der Waals surface area contributed by atoms with Gasteiger partial charge in [0, 0.05) is 44.6 Å². The summed E-state index contributed by atoms with van der Waals surface area (Å²) in [5.41, 5.74) is 0.992. The van der Waals surface area contributed by atoms with Crippen molar-refractivity contribution in [1.29, 1.82) is 0 Å². The summed E-state index contributed by atoms with van der Waals surface area (Å²) < 4.78 is 5.46. The van der Waals surface area contributed by atoms with Gasteiger partial charge in [-0.25, -0.2) is 0 Å². The molecule has 188 valence electrons. The highest BCUT2D eigenvalue weighted by Gasteiger charge is 2.38. The van der Waals surface area contributed by atoms with E-state index in [2.05, 4.69) is 15.5 Å². The normalized spacial score (nSPS) is 21.8. The number of benzene rings is 1. The van der Waals surface area contributed by atoms with Crippen LogP contribution in [0.1, 0.15) is 64.4 Å². The molecule has 2 aliphatic carbocycles. The van der Waals surface area contributed by atoms with E-state index in [4.69, 9.17) is 14.6 Å². The maximum absolute atomic E-state index is 12.5. The van der Waals surface area contributed by atoms with Crippen molar-refractivity contribution >= 4 is 17.8 Å². The Morgan fingerprint density at radius 3 is 2.24 bits per heavy atom. The van der Waals surface area contributed by atoms with Crippen LogP contribution in [0, 0.1) is 5.92 Å². The average molecular weight is 474 g/mol. The van der Waals surface area contributed by atoms with Crippen LogP contribution < -0.4 is 15.4 Å². The van der Waals surface area contributed by atoms with Crippen molar-refractivity contribution in [2.24, 2.45) is 5.92 Å². The number of carbonyl (C=O) groups is 3. The number of rotatable bonds is 11. The molecule has 0 radical (unpaired) electrons. The Bertz CT molecular complexity index is 816. The lowest BCUT2D eigenvalue weighted by Gasteiger charge is -2.30. The first-order valence-electron chi connectivity index (χ1n) is 12.6. The van der Waals surface area contributed by atoms with E-state index in [1.807, 2.05) is 31.2 Å². The van der Waals surface area contributed by atoms with Gasteiger partial charge in [-0.2, -0.15) is 0 Å². The maximum Gasteiger partial charge on any atom is 0.300 e. The molecular weight excluding hydrogens is 434 g/mol. The summed E-state index contributed by atoms with van der Waals surface area (Å²) >= 11 is 0. The van der Waals surface area contributed by atoms with Gasteiger partial charge in [0.2, 0.25) is 11.8 Å². The second kappa shape index (κ2) is 12.7. The highest BCUT2D eigenvalue weighted by Crippen LogP contribution is 2.35. The molecule has 1 aromatic rings. The van der Waals surface area contributed by atoms with Gasteiger partial charge in [0.25, 0.3) is 5.97 Å². The minimum atomic E-state index is -0.833. The van der Waals surface area contributed by atoms with E-state index in [1.165, 1.54) is 12.8 Å². The minimum Gasteiger partial charge on any atom is -0.494 e. The molecule has 1 aromatic carbocycles. The quantitative estimate of drug-likeness (QED) is 0.456. The van der Waals surface area contributed by atoms with Crippen LogP contribution in [0.15, 0.2) is 24.3 Å². The lowest BCUT2D eigenvalue weighted by atomic mass is 10.1. The number of carbonyl (C=O) groups excluding carboxylic acids is 2. The summed E-state index contributed by atoms with van der Waals surface area (Å²) in [6.07, 6.45) is 7.94. The number of nitrogens with zero attached hydrogens (tertiary/aromatic N) is 1. The first-order valence-corrected chi connectivity index (χ1v) is 12.6. The number of nitrogens with one attached hydrogen (secondary N) is 2. The summed E-state index contributed by atoms with van der Waals surface area (Å²) in [6.45, 7) is 5.42. The van der Waals surface area contributed by atoms with Gasteiger partial charge in [0.1, 0.15) is 5.75 Å². The molecule has 0 aromatic heterocycles. The molecule has 2 amide bonds. The fraction of sp³-hybridized carbons (Fsp3) is 0.654. The van der Waals surface area contributed by atoms with Crippen LogP contribution in [0.4, 0.5) is 0 Å². The summed E-state index contributed by atoms with van der Waals surface area (Å²) in [5.74, 6) is 1.03. The Balaban J connectivity index is 0.000000751. The average Bonchev–Trinajstić information content (AvgIpc) is 3.70. The molecule has 3 N–H and O–H groups in total. The zero-order valence-electron chi connectivity index (χ0n) is 20.4. The number of carboxylic acids is 1. The highest BCUT2D eigenvalue weighted by atomic mass is 16.5. The number of hydrogen-bond donors (Lipinski definition) is 3. The third-order valence-corrected chi connectivity index (χ3v) is 6.43. The molecule has 0 spiro atoms. The molecule has 0 bridgehead atoms. The number of likely N-dealkylation sites (tertiary alicyclic amines) is 1. The van der Waals surface area contributed by atoms with Gasteiger partial charge in [-0.15, -0.1) is 0 Å². The highest BCUT2D eigenvalue weighted by molar-refractivity contribution is 5.78. The Morgan fingerprint density at radius 2 is 1.65 bits per heavy atom. The Morgan fingerprint density at radius 1 is 1.00 bits per heavy atom. The maximum atomic E-state index is 12.5. The Hall–Kier alpha value is -2.61. The largest absolute Gasteiger partial charge is 0.494 e. The first-order chi connectivity index (χ1) is 16.3. The third-order valence-electron chi connectivity index (χ3n) is 6.43. The predicted octanol–water partition coefficient (Wildman–Crippen LogP) is 2.75. The summed E-state index contributed by atoms with van der Waals surface area (Å²) in [5, 5.41) is 13.7. The second-order valence-electron chi connectivity index (χ2n) is 9.65. The van der Waals surface area contributed by atoms with Crippen LogP contribution in [0.3, 0.4) is 0 Å². The van der Waals surface area contributed by atoms with Gasteiger partial charge < -0.3 is 20.5 Å². The monoisotopic (exact) mass is 473 g/mol. The van der Waals surface area contributed by atoms with Gasteiger partial charge in [-0.05, 0) is 69.1 Å². The Labute approximate surface area is 202 Å². The summed E-state index contributed by atoms with van der Waals surface area (Å²) in [4.78, 5) is 36.3. The number of amides is 2. The van der Waals surface area contributed by atoms with Gasteiger partial charge >= 0.3 is 0 Å². The van der Waals surface area contributed by atoms with Crippen molar-refractivity contribution in [1.82, 2.24) is 15.5 Å². The molecule has 4 rings (SSSR count). The fourth-order valence-corrected chi connectivity index (χ4v) is 4.43. The molecule has 2 atom stereocenters. The summed E-state index contributed by atoms with van der Waals surface area (Å²) in [7, 11) is 0. The predicted molar refractivity (Wildman–Crippen MR) is 130 cm³/mol. The third kappa shape index (κ3) is 9.33. The van der Waals surface area contributed by atoms with E-state index in [0.29, 0.717) is 44.1 Å². The Kier molecular flexibility index (Phi) is 9.74. The van der Waals surface area contributed by atoms with Crippen LogP contribution in [-0.2, 0) is 20.8 Å². The SMILES string of the molecule is CC(=O)O.CCOc1ccc(CC(=O)NC[C@@H]2CC[C@H](CC(=O)NC3CC3)N2CC2CC2)cc1. The minimum absolute atomic E-state index is 0.0560. The molecule has 8 heteroatoms. The van der Waals surface area contributed by atoms with Crippen LogP contribution in [0.25, 0.3) is 0 Å². The van der Waals surface area contributed by atoms with Gasteiger partial charge in [-0.3, -0.25) is 19.3 Å². The molecule has 1 heterocycles. The number of ether oxygens (including phenoxy) is 1. The van der Waals surface area contributed by atoms with E-state index < -0.39 is 5.97 Å². The molecule has 2 saturated carbocycles. The first kappa shape index (κ1) is 26.0. The topological polar surface area (TPSA) is 108 Å². The second-order valence-corrected chi connectivity index (χ2v) is 9.65. The standard InChI is InChI=1S/C24H35N3O3.C2H4O2/c1-2-30-22-11-5-17(6-12-22)13-23(28)25-15-21-10-9-20(27(21)16-18-3-4-18)14-24(29)26-19-7-8-19;1-2(3)4/h5-6,11-12,18-21H,2-4,7-10,13-16H2,1H3,(H,25,28)(H,26,29);1H3,(H,3,4)/t20-,21+;/m1./s1. The fourth-order valence-electron chi connectivity index (χ4n) is 4.43. The number of carboxylic acid groups (broad SMARTS) is 1. The molecule has 8 nitrogen and oxygen atoms in total. The van der Waals surface area contributed by atoms with Crippen LogP contribution >= 0.6 is 0 Å². The van der Waals surface area contributed by atoms with Gasteiger partial charge in [0.15, 0.2) is 0 Å². The number of aliphatic carboxylic acids is 1. The lowest BCUT2D eigenvalue weighted by Crippen LogP contribution is -2.45. The van der Waals surface area contributed by atoms with Crippen LogP contribution in [-0.4, -0.2) is 65.6 Å². The molecule has 0 unspecified atom stereocenters. The van der Waals surface area contributed by atoms with E-state index in [1.54, 1.807) is 0 Å². The van der Waals surface area contributed by atoms with E-state index in [9.17, 15) is 9.59 Å². The van der Waals surface area contributed by atoms with Crippen molar-refractivity contribution in [3.8, 4) is 5.75 Å². The molecule has 1 aliphatic heterocycles. The van der Waals surface area contributed by atoms with Crippen molar-refractivity contribution < 1.29 is 24.2 Å². The van der Waals surface area contributed by atoms with E-state index >= 15 is 0 Å². The smallest absolute Gasteiger partial charge is 0.300 e.